The molecule has 0 saturated heterocycles. The largest absolute Gasteiger partial charge is 0.871 e. The Kier molecular flexibility index (Phi) is 11.1. The Labute approximate surface area is 277 Å². The van der Waals surface area contributed by atoms with Crippen LogP contribution in [0.3, 0.4) is 0 Å². The quantitative estimate of drug-likeness (QED) is 0.0574. The third-order valence-corrected chi connectivity index (χ3v) is 9.08. The van der Waals surface area contributed by atoms with Gasteiger partial charge >= 0.3 is 11.9 Å². The SMILES string of the molecule is O=C(Oc1c(F)c(F)c(S(=O)(=O)[O-])c(F)c1F)c1ccc(OCCOC(=O)c2c(I)cc(I)c([O-])c2I)c(I)c1. The standard InChI is InChI=1S/C22H10F4I4O9S/c23-13-15(25)20(40(34,35)36)16(26)14(24)19(13)39-21(32)7-1-2-11(8(27)5-7)37-3-4-38-22(33)12-9(28)6-10(29)18(31)17(12)30/h1-2,5-6,31H,3-4H2,(H,34,35,36)/p-2. The summed E-state index contributed by atoms with van der Waals surface area (Å²) in [4.78, 5) is 22.4. The van der Waals surface area contributed by atoms with Crippen LogP contribution in [0.2, 0.25) is 0 Å². The number of carbonyl (C=O) groups excluding carboxylic acids is 2. The summed E-state index contributed by atoms with van der Waals surface area (Å²) < 4.78 is 105. The molecule has 0 bridgehead atoms. The van der Waals surface area contributed by atoms with Crippen LogP contribution in [0.1, 0.15) is 20.7 Å². The fraction of sp³-hybridized carbons (Fsp3) is 0.0909. The highest BCUT2D eigenvalue weighted by Crippen LogP contribution is 2.34. The molecule has 40 heavy (non-hydrogen) atoms. The normalized spacial score (nSPS) is 11.3. The van der Waals surface area contributed by atoms with Gasteiger partial charge in [-0.15, -0.1) is 0 Å². The van der Waals surface area contributed by atoms with Crippen molar-refractivity contribution in [2.24, 2.45) is 0 Å². The van der Waals surface area contributed by atoms with Crippen molar-refractivity contribution in [1.29, 1.82) is 0 Å². The highest BCUT2D eigenvalue weighted by atomic mass is 127. The second-order valence-corrected chi connectivity index (χ2v) is 13.1. The zero-order chi connectivity index (χ0) is 30.1. The number of hydrogen-bond donors (Lipinski definition) is 0. The zero-order valence-corrected chi connectivity index (χ0v) is 28.3. The first-order valence-corrected chi connectivity index (χ1v) is 15.8. The highest BCUT2D eigenvalue weighted by molar-refractivity contribution is 14.1. The van der Waals surface area contributed by atoms with Crippen molar-refractivity contribution in [1.82, 2.24) is 0 Å². The molecule has 0 heterocycles. The van der Waals surface area contributed by atoms with Gasteiger partial charge in [0.15, 0.2) is 11.6 Å². The van der Waals surface area contributed by atoms with Gasteiger partial charge in [0.05, 0.1) is 14.7 Å². The van der Waals surface area contributed by atoms with E-state index in [0.29, 0.717) is 7.14 Å². The van der Waals surface area contributed by atoms with Gasteiger partial charge in [0.2, 0.25) is 17.4 Å². The van der Waals surface area contributed by atoms with Crippen molar-refractivity contribution in [3.05, 3.63) is 72.9 Å². The Hall–Kier alpha value is -1.25. The minimum atomic E-state index is -5.93. The third-order valence-electron chi connectivity index (χ3n) is 4.70. The van der Waals surface area contributed by atoms with Crippen LogP contribution < -0.4 is 14.6 Å². The molecule has 9 nitrogen and oxygen atoms in total. The van der Waals surface area contributed by atoms with Gasteiger partial charge in [-0.2, -0.15) is 8.78 Å². The maximum absolute atomic E-state index is 14.1. The van der Waals surface area contributed by atoms with Gasteiger partial charge in [-0.1, -0.05) is 5.75 Å². The summed E-state index contributed by atoms with van der Waals surface area (Å²) in [6, 6.07) is 5.01. The smallest absolute Gasteiger partial charge is 0.343 e. The molecule has 0 spiro atoms. The van der Waals surface area contributed by atoms with Gasteiger partial charge in [0.25, 0.3) is 0 Å². The van der Waals surface area contributed by atoms with Crippen LogP contribution >= 0.6 is 90.4 Å². The second kappa shape index (κ2) is 13.4. The first-order valence-electron chi connectivity index (χ1n) is 10.0. The van der Waals surface area contributed by atoms with Gasteiger partial charge in [-0.05, 0) is 115 Å². The van der Waals surface area contributed by atoms with Crippen LogP contribution in [0, 0.1) is 37.5 Å². The monoisotopic (exact) mass is 1030 g/mol. The molecule has 18 heteroatoms. The van der Waals surface area contributed by atoms with Gasteiger partial charge in [0.1, 0.15) is 34.0 Å². The Bertz CT molecular complexity index is 1620. The second-order valence-electron chi connectivity index (χ2n) is 7.25. The van der Waals surface area contributed by atoms with Crippen molar-refractivity contribution < 1.29 is 59.4 Å². The predicted molar refractivity (Wildman–Crippen MR) is 158 cm³/mol. The molecule has 0 amide bonds. The molecule has 0 saturated carbocycles. The van der Waals surface area contributed by atoms with Crippen molar-refractivity contribution in [3.63, 3.8) is 0 Å². The van der Waals surface area contributed by atoms with E-state index in [4.69, 9.17) is 9.47 Å². The molecule has 0 radical (unpaired) electrons. The summed E-state index contributed by atoms with van der Waals surface area (Å²) in [6.07, 6.45) is 0. The van der Waals surface area contributed by atoms with Gasteiger partial charge < -0.3 is 23.9 Å². The van der Waals surface area contributed by atoms with Gasteiger partial charge in [-0.25, -0.2) is 26.8 Å². The van der Waals surface area contributed by atoms with Crippen LogP contribution in [0.5, 0.6) is 17.2 Å². The molecule has 0 aromatic heterocycles. The van der Waals surface area contributed by atoms with Crippen molar-refractivity contribution in [3.8, 4) is 17.2 Å². The Morgan fingerprint density at radius 2 is 1.43 bits per heavy atom. The summed E-state index contributed by atoms with van der Waals surface area (Å²) in [6.45, 7) is -0.354. The molecule has 0 aliphatic heterocycles. The van der Waals surface area contributed by atoms with Crippen molar-refractivity contribution in [2.45, 2.75) is 4.90 Å². The van der Waals surface area contributed by atoms with Crippen molar-refractivity contribution in [2.75, 3.05) is 13.2 Å². The molecule has 3 aromatic carbocycles. The van der Waals surface area contributed by atoms with Crippen LogP contribution in [0.4, 0.5) is 17.6 Å². The molecule has 0 N–H and O–H groups in total. The predicted octanol–water partition coefficient (Wildman–Crippen LogP) is 5.09. The van der Waals surface area contributed by atoms with E-state index < -0.39 is 56.0 Å². The van der Waals surface area contributed by atoms with E-state index in [-0.39, 0.29) is 43.0 Å². The fourth-order valence-corrected chi connectivity index (χ4v) is 8.02. The Morgan fingerprint density at radius 3 is 1.98 bits per heavy atom. The summed E-state index contributed by atoms with van der Waals surface area (Å²) in [5, 5.41) is 12.1. The number of rotatable bonds is 8. The minimum absolute atomic E-state index is 0.126. The Morgan fingerprint density at radius 1 is 0.825 bits per heavy atom. The van der Waals surface area contributed by atoms with E-state index >= 15 is 0 Å². The summed E-state index contributed by atoms with van der Waals surface area (Å²) in [5.41, 5.74) is -0.222. The lowest BCUT2D eigenvalue weighted by atomic mass is 10.2. The maximum atomic E-state index is 14.1. The molecule has 214 valence electrons. The number of halogens is 8. The number of ether oxygens (including phenoxy) is 3. The van der Waals surface area contributed by atoms with E-state index in [1.54, 1.807) is 51.2 Å². The molecule has 0 atom stereocenters. The number of benzene rings is 3. The zero-order valence-electron chi connectivity index (χ0n) is 18.8. The van der Waals surface area contributed by atoms with Crippen LogP contribution in [-0.2, 0) is 14.9 Å². The van der Waals surface area contributed by atoms with Gasteiger partial charge in [0, 0.05) is 10.7 Å². The lowest BCUT2D eigenvalue weighted by Crippen LogP contribution is -2.17. The first-order chi connectivity index (χ1) is 18.6. The summed E-state index contributed by atoms with van der Waals surface area (Å²) in [7, 11) is -5.93. The van der Waals surface area contributed by atoms with Crippen LogP contribution in [0.25, 0.3) is 0 Å². The average molecular weight is 1030 g/mol. The lowest BCUT2D eigenvalue weighted by molar-refractivity contribution is -0.271. The van der Waals surface area contributed by atoms with Gasteiger partial charge in [-0.3, -0.25) is 0 Å². The maximum Gasteiger partial charge on any atom is 0.343 e. The summed E-state index contributed by atoms with van der Waals surface area (Å²) in [5.74, 6) is -14.1. The summed E-state index contributed by atoms with van der Waals surface area (Å²) >= 11 is 7.27. The lowest BCUT2D eigenvalue weighted by Gasteiger charge is -2.17. The van der Waals surface area contributed by atoms with E-state index in [1.807, 2.05) is 45.2 Å². The Balaban J connectivity index is 1.68. The molecule has 0 fully saturated rings. The molecular formula is C22H8F4I4O9S-2. The van der Waals surface area contributed by atoms with Crippen LogP contribution in [-0.4, -0.2) is 38.1 Å². The molecule has 0 aliphatic carbocycles. The minimum Gasteiger partial charge on any atom is -0.871 e. The number of carbonyl (C=O) groups is 2. The van der Waals surface area contributed by atoms with E-state index in [9.17, 15) is 45.2 Å². The average Bonchev–Trinajstić information content (AvgIpc) is 2.86. The number of hydrogen-bond acceptors (Lipinski definition) is 9. The third kappa shape index (κ3) is 7.20. The van der Waals surface area contributed by atoms with E-state index in [1.165, 1.54) is 6.07 Å². The first kappa shape index (κ1) is 33.3. The molecular weight excluding hydrogens is 1020 g/mol. The van der Waals surface area contributed by atoms with Crippen LogP contribution in [0.15, 0.2) is 29.2 Å². The molecule has 3 aromatic rings. The number of esters is 2. The fourth-order valence-electron chi connectivity index (χ4n) is 2.91. The molecule has 3 rings (SSSR count). The molecule has 0 aliphatic rings. The van der Waals surface area contributed by atoms with Crippen molar-refractivity contribution >= 4 is 112 Å². The molecule has 0 unspecified atom stereocenters. The van der Waals surface area contributed by atoms with E-state index in [0.717, 1.165) is 12.1 Å². The van der Waals surface area contributed by atoms with E-state index in [2.05, 4.69) is 4.74 Å². The topological polar surface area (TPSA) is 142 Å². The highest BCUT2D eigenvalue weighted by Gasteiger charge is 2.31.